The lowest BCUT2D eigenvalue weighted by Crippen LogP contribution is -2.08. The van der Waals surface area contributed by atoms with Gasteiger partial charge in [0, 0.05) is 0 Å². The molecule has 0 nitrogen and oxygen atoms in total. The monoisotopic (exact) mass is 168 g/mol. The van der Waals surface area contributed by atoms with Gasteiger partial charge in [-0.2, -0.15) is 0 Å². The third kappa shape index (κ3) is 2.24. The van der Waals surface area contributed by atoms with Crippen molar-refractivity contribution in [3.05, 3.63) is 0 Å². The van der Waals surface area contributed by atoms with Gasteiger partial charge in [0.2, 0.25) is 0 Å². The normalized spacial score (nSPS) is 31.2. The molecule has 0 N–H and O–H groups in total. The van der Waals surface area contributed by atoms with Gasteiger partial charge in [-0.1, -0.05) is 41.0 Å². The second-order valence-electron chi connectivity index (χ2n) is 5.49. The van der Waals surface area contributed by atoms with E-state index in [9.17, 15) is 0 Å². The summed E-state index contributed by atoms with van der Waals surface area (Å²) in [6, 6.07) is 0. The van der Waals surface area contributed by atoms with E-state index in [0.29, 0.717) is 5.41 Å². The summed E-state index contributed by atoms with van der Waals surface area (Å²) in [7, 11) is 0. The molecule has 0 aromatic rings. The Morgan fingerprint density at radius 3 is 2.08 bits per heavy atom. The minimum atomic E-state index is 0.682. The van der Waals surface area contributed by atoms with Crippen molar-refractivity contribution in [3.63, 3.8) is 0 Å². The lowest BCUT2D eigenvalue weighted by Gasteiger charge is -2.18. The summed E-state index contributed by atoms with van der Waals surface area (Å²) in [6.45, 7) is 11.9. The van der Waals surface area contributed by atoms with Gasteiger partial charge in [-0.3, -0.25) is 0 Å². The SMILES string of the molecule is CCC(C)C(C)CC1CC1(C)C. The van der Waals surface area contributed by atoms with Crippen molar-refractivity contribution in [1.29, 1.82) is 0 Å². The highest BCUT2D eigenvalue weighted by atomic mass is 14.5. The van der Waals surface area contributed by atoms with Gasteiger partial charge in [0.15, 0.2) is 0 Å². The van der Waals surface area contributed by atoms with Crippen LogP contribution in [0, 0.1) is 23.2 Å². The first-order chi connectivity index (χ1) is 5.47. The average Bonchev–Trinajstić information content (AvgIpc) is 2.57. The molecule has 1 saturated carbocycles. The van der Waals surface area contributed by atoms with Crippen molar-refractivity contribution in [2.45, 2.75) is 53.9 Å². The molecule has 0 spiro atoms. The lowest BCUT2D eigenvalue weighted by molar-refractivity contribution is 0.322. The van der Waals surface area contributed by atoms with Crippen molar-refractivity contribution in [1.82, 2.24) is 0 Å². The summed E-state index contributed by atoms with van der Waals surface area (Å²) in [5.41, 5.74) is 0.682. The van der Waals surface area contributed by atoms with E-state index in [-0.39, 0.29) is 0 Å². The zero-order valence-electron chi connectivity index (χ0n) is 9.35. The topological polar surface area (TPSA) is 0 Å². The van der Waals surface area contributed by atoms with Crippen LogP contribution < -0.4 is 0 Å². The second kappa shape index (κ2) is 3.40. The minimum Gasteiger partial charge on any atom is -0.0651 e. The molecular weight excluding hydrogens is 144 g/mol. The van der Waals surface area contributed by atoms with E-state index in [0.717, 1.165) is 17.8 Å². The quantitative estimate of drug-likeness (QED) is 0.592. The van der Waals surface area contributed by atoms with Gasteiger partial charge < -0.3 is 0 Å². The predicted molar refractivity (Wildman–Crippen MR) is 55.1 cm³/mol. The van der Waals surface area contributed by atoms with E-state index in [1.54, 1.807) is 0 Å². The van der Waals surface area contributed by atoms with Crippen molar-refractivity contribution in [3.8, 4) is 0 Å². The Bertz CT molecular complexity index is 146. The molecule has 0 saturated heterocycles. The van der Waals surface area contributed by atoms with Crippen molar-refractivity contribution >= 4 is 0 Å². The maximum absolute atomic E-state index is 2.42. The van der Waals surface area contributed by atoms with E-state index in [2.05, 4.69) is 34.6 Å². The van der Waals surface area contributed by atoms with Crippen LogP contribution in [-0.4, -0.2) is 0 Å². The van der Waals surface area contributed by atoms with E-state index in [1.165, 1.54) is 19.3 Å². The first-order valence-electron chi connectivity index (χ1n) is 5.47. The average molecular weight is 168 g/mol. The molecule has 0 bridgehead atoms. The smallest absolute Gasteiger partial charge is 0.0323 e. The third-order valence-electron chi connectivity index (χ3n) is 3.99. The van der Waals surface area contributed by atoms with Crippen LogP contribution in [0.25, 0.3) is 0 Å². The van der Waals surface area contributed by atoms with Gasteiger partial charge in [-0.15, -0.1) is 0 Å². The van der Waals surface area contributed by atoms with Crippen molar-refractivity contribution in [2.75, 3.05) is 0 Å². The molecule has 0 heterocycles. The lowest BCUT2D eigenvalue weighted by atomic mass is 9.87. The Balaban J connectivity index is 2.24. The summed E-state index contributed by atoms with van der Waals surface area (Å²) in [6.07, 6.45) is 4.27. The van der Waals surface area contributed by atoms with E-state index in [4.69, 9.17) is 0 Å². The predicted octanol–water partition coefficient (Wildman–Crippen LogP) is 4.10. The molecule has 1 aliphatic carbocycles. The number of rotatable bonds is 4. The minimum absolute atomic E-state index is 0.682. The first-order valence-corrected chi connectivity index (χ1v) is 5.47. The number of hydrogen-bond acceptors (Lipinski definition) is 0. The molecule has 72 valence electrons. The molecule has 0 amide bonds. The molecule has 3 atom stereocenters. The van der Waals surface area contributed by atoms with Gasteiger partial charge in [-0.25, -0.2) is 0 Å². The maximum atomic E-state index is 2.42. The van der Waals surface area contributed by atoms with Crippen LogP contribution in [0.2, 0.25) is 0 Å². The number of hydrogen-bond donors (Lipinski definition) is 0. The van der Waals surface area contributed by atoms with Gasteiger partial charge in [0.05, 0.1) is 0 Å². The fourth-order valence-corrected chi connectivity index (χ4v) is 2.06. The van der Waals surface area contributed by atoms with Crippen LogP contribution in [0.1, 0.15) is 53.9 Å². The summed E-state index contributed by atoms with van der Waals surface area (Å²) in [4.78, 5) is 0. The zero-order valence-corrected chi connectivity index (χ0v) is 9.35. The highest BCUT2D eigenvalue weighted by Gasteiger charge is 2.45. The Labute approximate surface area is 77.7 Å². The molecule has 1 rings (SSSR count). The highest BCUT2D eigenvalue weighted by molar-refractivity contribution is 4.95. The Hall–Kier alpha value is 0. The van der Waals surface area contributed by atoms with Gasteiger partial charge in [0.1, 0.15) is 0 Å². The van der Waals surface area contributed by atoms with Crippen LogP contribution in [-0.2, 0) is 0 Å². The summed E-state index contributed by atoms with van der Waals surface area (Å²) in [5, 5.41) is 0. The van der Waals surface area contributed by atoms with Crippen LogP contribution in [0.4, 0.5) is 0 Å². The fraction of sp³-hybridized carbons (Fsp3) is 1.00. The Kier molecular flexibility index (Phi) is 2.85. The molecule has 3 unspecified atom stereocenters. The van der Waals surface area contributed by atoms with Crippen molar-refractivity contribution < 1.29 is 0 Å². The molecule has 0 aliphatic heterocycles. The molecule has 0 heteroatoms. The molecule has 1 aliphatic rings. The first kappa shape index (κ1) is 10.1. The van der Waals surface area contributed by atoms with Crippen LogP contribution in [0.15, 0.2) is 0 Å². The fourth-order valence-electron chi connectivity index (χ4n) is 2.06. The van der Waals surface area contributed by atoms with Crippen LogP contribution in [0.3, 0.4) is 0 Å². The molecule has 0 aromatic heterocycles. The van der Waals surface area contributed by atoms with Gasteiger partial charge in [0.25, 0.3) is 0 Å². The standard InChI is InChI=1S/C12H24/c1-6-9(2)10(3)7-11-8-12(11,4)5/h9-11H,6-8H2,1-5H3. The molecule has 0 radical (unpaired) electrons. The maximum Gasteiger partial charge on any atom is -0.0323 e. The second-order valence-corrected chi connectivity index (χ2v) is 5.49. The summed E-state index contributed by atoms with van der Waals surface area (Å²) in [5.74, 6) is 2.88. The van der Waals surface area contributed by atoms with Gasteiger partial charge >= 0.3 is 0 Å². The molecular formula is C12H24. The van der Waals surface area contributed by atoms with E-state index in [1.807, 2.05) is 0 Å². The van der Waals surface area contributed by atoms with Crippen LogP contribution in [0.5, 0.6) is 0 Å². The third-order valence-corrected chi connectivity index (χ3v) is 3.99. The van der Waals surface area contributed by atoms with Crippen LogP contribution >= 0.6 is 0 Å². The Morgan fingerprint density at radius 1 is 1.25 bits per heavy atom. The van der Waals surface area contributed by atoms with E-state index >= 15 is 0 Å². The highest BCUT2D eigenvalue weighted by Crippen LogP contribution is 2.55. The van der Waals surface area contributed by atoms with E-state index < -0.39 is 0 Å². The van der Waals surface area contributed by atoms with Gasteiger partial charge in [-0.05, 0) is 36.0 Å². The Morgan fingerprint density at radius 2 is 1.75 bits per heavy atom. The summed E-state index contributed by atoms with van der Waals surface area (Å²) >= 11 is 0. The van der Waals surface area contributed by atoms with Crippen molar-refractivity contribution in [2.24, 2.45) is 23.2 Å². The summed E-state index contributed by atoms with van der Waals surface area (Å²) < 4.78 is 0. The largest absolute Gasteiger partial charge is 0.0651 e. The zero-order chi connectivity index (χ0) is 9.35. The molecule has 12 heavy (non-hydrogen) atoms. The molecule has 0 aromatic carbocycles. The molecule has 1 fully saturated rings.